The van der Waals surface area contributed by atoms with Crippen LogP contribution in [-0.2, 0) is 11.2 Å². The molecule has 2 aliphatic rings. The molecular weight excluding hydrogens is 405 g/mol. The number of aromatic nitrogens is 1. The van der Waals surface area contributed by atoms with E-state index in [0.29, 0.717) is 12.1 Å². The molecule has 5 nitrogen and oxygen atoms in total. The molecule has 3 atom stereocenters. The zero-order chi connectivity index (χ0) is 22.2. The van der Waals surface area contributed by atoms with E-state index in [2.05, 4.69) is 9.88 Å². The van der Waals surface area contributed by atoms with Gasteiger partial charge < -0.3 is 14.9 Å². The van der Waals surface area contributed by atoms with Crippen LogP contribution in [0.4, 0.5) is 10.1 Å². The molecule has 1 fully saturated rings. The standard InChI is InChI=1S/C26H26FN3O2/c1-29-23-10-9-17(19-7-2-3-8-22(19)27)14-21(23)26-20(24(29)16-31)11-13-30(26)25(32)15-18-6-4-5-12-28-18/h2-10,12,14,20,24,26,31H,11,13,15-16H2,1H3/t20-,24-,26-/m1/s1. The van der Waals surface area contributed by atoms with Gasteiger partial charge in [-0.2, -0.15) is 0 Å². The Labute approximate surface area is 187 Å². The van der Waals surface area contributed by atoms with Crippen molar-refractivity contribution >= 4 is 11.6 Å². The van der Waals surface area contributed by atoms with Crippen LogP contribution in [0.1, 0.15) is 23.7 Å². The first kappa shape index (κ1) is 20.6. The van der Waals surface area contributed by atoms with Gasteiger partial charge in [-0.15, -0.1) is 0 Å². The van der Waals surface area contributed by atoms with Gasteiger partial charge >= 0.3 is 0 Å². The van der Waals surface area contributed by atoms with Crippen molar-refractivity contribution in [2.24, 2.45) is 5.92 Å². The summed E-state index contributed by atoms with van der Waals surface area (Å²) < 4.78 is 14.5. The van der Waals surface area contributed by atoms with Gasteiger partial charge in [0.15, 0.2) is 0 Å². The number of aliphatic hydroxyl groups excluding tert-OH is 1. The van der Waals surface area contributed by atoms with Crippen molar-refractivity contribution in [1.82, 2.24) is 9.88 Å². The Balaban J connectivity index is 1.56. The predicted octanol–water partition coefficient (Wildman–Crippen LogP) is 3.83. The summed E-state index contributed by atoms with van der Waals surface area (Å²) in [5.74, 6) is -0.128. The summed E-state index contributed by atoms with van der Waals surface area (Å²) in [7, 11) is 1.98. The van der Waals surface area contributed by atoms with Crippen LogP contribution in [0.25, 0.3) is 11.1 Å². The fraction of sp³-hybridized carbons (Fsp3) is 0.308. The molecule has 1 aromatic heterocycles. The highest BCUT2D eigenvalue weighted by molar-refractivity contribution is 5.80. The number of anilines is 1. The number of likely N-dealkylation sites (N-methyl/N-ethyl adjacent to an activating group) is 1. The Morgan fingerprint density at radius 1 is 1.16 bits per heavy atom. The maximum Gasteiger partial charge on any atom is 0.229 e. The van der Waals surface area contributed by atoms with Crippen molar-refractivity contribution in [1.29, 1.82) is 0 Å². The minimum atomic E-state index is -0.268. The van der Waals surface area contributed by atoms with Gasteiger partial charge in [0.05, 0.1) is 25.1 Å². The van der Waals surface area contributed by atoms with Crippen molar-refractivity contribution < 1.29 is 14.3 Å². The summed E-state index contributed by atoms with van der Waals surface area (Å²) in [6.07, 6.45) is 2.76. The molecule has 0 radical (unpaired) electrons. The Bertz CT molecular complexity index is 1140. The second-order valence-electron chi connectivity index (χ2n) is 8.60. The van der Waals surface area contributed by atoms with Gasteiger partial charge in [0.1, 0.15) is 5.82 Å². The summed E-state index contributed by atoms with van der Waals surface area (Å²) in [4.78, 5) is 21.7. The summed E-state index contributed by atoms with van der Waals surface area (Å²) in [5, 5.41) is 10.2. The van der Waals surface area contributed by atoms with E-state index in [9.17, 15) is 14.3 Å². The summed E-state index contributed by atoms with van der Waals surface area (Å²) >= 11 is 0. The Hall–Kier alpha value is -3.25. The first-order valence-electron chi connectivity index (χ1n) is 11.0. The molecule has 1 N–H and O–H groups in total. The summed E-state index contributed by atoms with van der Waals surface area (Å²) in [6, 6.07) is 18.0. The molecule has 3 aromatic rings. The third-order valence-electron chi connectivity index (χ3n) is 6.91. The monoisotopic (exact) mass is 431 g/mol. The number of pyridine rings is 1. The average Bonchev–Trinajstić information content (AvgIpc) is 3.25. The molecule has 0 bridgehead atoms. The molecule has 3 heterocycles. The van der Waals surface area contributed by atoms with Gasteiger partial charge in [-0.05, 0) is 47.9 Å². The first-order valence-corrected chi connectivity index (χ1v) is 11.0. The second-order valence-corrected chi connectivity index (χ2v) is 8.60. The highest BCUT2D eigenvalue weighted by atomic mass is 19.1. The number of rotatable bonds is 4. The quantitative estimate of drug-likeness (QED) is 0.682. The second kappa shape index (κ2) is 8.36. The van der Waals surface area contributed by atoms with Gasteiger partial charge in [0, 0.05) is 42.7 Å². The summed E-state index contributed by atoms with van der Waals surface area (Å²) in [5.41, 5.74) is 4.06. The zero-order valence-electron chi connectivity index (χ0n) is 18.0. The SMILES string of the molecule is CN1c2ccc(-c3ccccc3F)cc2[C@H]2[C@H](CCN2C(=O)Cc2ccccn2)[C@H]1CO. The van der Waals surface area contributed by atoms with Crippen molar-refractivity contribution in [2.45, 2.75) is 24.9 Å². The topological polar surface area (TPSA) is 56.7 Å². The van der Waals surface area contributed by atoms with Gasteiger partial charge in [-0.25, -0.2) is 4.39 Å². The van der Waals surface area contributed by atoms with Crippen LogP contribution < -0.4 is 4.90 Å². The zero-order valence-corrected chi connectivity index (χ0v) is 18.0. The molecule has 0 spiro atoms. The number of hydrogen-bond donors (Lipinski definition) is 1. The Morgan fingerprint density at radius 3 is 2.72 bits per heavy atom. The molecule has 2 aliphatic heterocycles. The third kappa shape index (κ3) is 3.45. The predicted molar refractivity (Wildman–Crippen MR) is 122 cm³/mol. The van der Waals surface area contributed by atoms with Gasteiger partial charge in [-0.1, -0.05) is 30.3 Å². The molecule has 164 valence electrons. The lowest BCUT2D eigenvalue weighted by atomic mass is 9.81. The van der Waals surface area contributed by atoms with E-state index >= 15 is 0 Å². The van der Waals surface area contributed by atoms with E-state index in [1.807, 2.05) is 54.4 Å². The van der Waals surface area contributed by atoms with Crippen LogP contribution in [0.2, 0.25) is 0 Å². The highest BCUT2D eigenvalue weighted by Gasteiger charge is 2.47. The minimum absolute atomic E-state index is 0.0223. The fourth-order valence-electron chi connectivity index (χ4n) is 5.36. The number of likely N-dealkylation sites (tertiary alicyclic amines) is 1. The molecule has 0 unspecified atom stereocenters. The van der Waals surface area contributed by atoms with Crippen molar-refractivity contribution in [3.63, 3.8) is 0 Å². The number of amides is 1. The number of aliphatic hydroxyl groups is 1. The largest absolute Gasteiger partial charge is 0.394 e. The van der Waals surface area contributed by atoms with Crippen LogP contribution in [0.5, 0.6) is 0 Å². The maximum absolute atomic E-state index is 14.5. The van der Waals surface area contributed by atoms with E-state index in [1.54, 1.807) is 18.3 Å². The number of benzene rings is 2. The van der Waals surface area contributed by atoms with Gasteiger partial charge in [0.25, 0.3) is 0 Å². The van der Waals surface area contributed by atoms with Crippen LogP contribution in [-0.4, -0.2) is 47.1 Å². The van der Waals surface area contributed by atoms with Crippen LogP contribution in [0.15, 0.2) is 66.9 Å². The number of fused-ring (bicyclic) bond motifs is 3. The summed E-state index contributed by atoms with van der Waals surface area (Å²) in [6.45, 7) is 0.656. The van der Waals surface area contributed by atoms with Gasteiger partial charge in [-0.3, -0.25) is 9.78 Å². The van der Waals surface area contributed by atoms with Crippen molar-refractivity contribution in [3.05, 3.63) is 83.9 Å². The lowest BCUT2D eigenvalue weighted by molar-refractivity contribution is -0.132. The average molecular weight is 432 g/mol. The van der Waals surface area contributed by atoms with E-state index in [0.717, 1.165) is 28.9 Å². The number of carbonyl (C=O) groups excluding carboxylic acids is 1. The lowest BCUT2D eigenvalue weighted by Gasteiger charge is -2.44. The minimum Gasteiger partial charge on any atom is -0.394 e. The lowest BCUT2D eigenvalue weighted by Crippen LogP contribution is -2.48. The van der Waals surface area contributed by atoms with E-state index in [-0.39, 0.29) is 42.8 Å². The molecule has 32 heavy (non-hydrogen) atoms. The van der Waals surface area contributed by atoms with E-state index in [1.165, 1.54) is 6.07 Å². The van der Waals surface area contributed by atoms with E-state index in [4.69, 9.17) is 0 Å². The third-order valence-corrected chi connectivity index (χ3v) is 6.91. The van der Waals surface area contributed by atoms with E-state index < -0.39 is 0 Å². The highest BCUT2D eigenvalue weighted by Crippen LogP contribution is 2.49. The number of halogens is 1. The van der Waals surface area contributed by atoms with Crippen LogP contribution in [0, 0.1) is 11.7 Å². The molecule has 0 saturated carbocycles. The molecule has 0 aliphatic carbocycles. The number of nitrogens with zero attached hydrogens (tertiary/aromatic N) is 3. The molecule has 6 heteroatoms. The normalized spacial score (nSPS) is 21.9. The van der Waals surface area contributed by atoms with Crippen molar-refractivity contribution in [2.75, 3.05) is 25.1 Å². The molecule has 1 saturated heterocycles. The smallest absolute Gasteiger partial charge is 0.229 e. The van der Waals surface area contributed by atoms with Gasteiger partial charge in [0.2, 0.25) is 5.91 Å². The van der Waals surface area contributed by atoms with Crippen LogP contribution >= 0.6 is 0 Å². The molecule has 2 aromatic carbocycles. The van der Waals surface area contributed by atoms with Crippen LogP contribution in [0.3, 0.4) is 0 Å². The molecular formula is C26H26FN3O2. The Morgan fingerprint density at radius 2 is 1.97 bits per heavy atom. The maximum atomic E-state index is 14.5. The first-order chi connectivity index (χ1) is 15.6. The van der Waals surface area contributed by atoms with Crippen molar-refractivity contribution in [3.8, 4) is 11.1 Å². The Kier molecular flexibility index (Phi) is 5.39. The number of carbonyl (C=O) groups is 1. The molecule has 5 rings (SSSR count). The fourth-order valence-corrected chi connectivity index (χ4v) is 5.36. The number of hydrogen-bond acceptors (Lipinski definition) is 4. The molecule has 1 amide bonds.